The van der Waals surface area contributed by atoms with Crippen LogP contribution in [-0.4, -0.2) is 24.9 Å². The van der Waals surface area contributed by atoms with Gasteiger partial charge in [-0.05, 0) is 30.7 Å². The fourth-order valence-corrected chi connectivity index (χ4v) is 5.18. The first kappa shape index (κ1) is 16.1. The van der Waals surface area contributed by atoms with Crippen LogP contribution in [0.5, 0.6) is 0 Å². The van der Waals surface area contributed by atoms with Crippen molar-refractivity contribution in [2.24, 2.45) is 0 Å². The molecule has 4 rings (SSSR count). The van der Waals surface area contributed by atoms with Gasteiger partial charge < -0.3 is 4.98 Å². The van der Waals surface area contributed by atoms with E-state index in [1.54, 1.807) is 18.3 Å². The Morgan fingerprint density at radius 1 is 1.32 bits per heavy atom. The van der Waals surface area contributed by atoms with Crippen LogP contribution in [0.2, 0.25) is 5.02 Å². The van der Waals surface area contributed by atoms with E-state index in [2.05, 4.69) is 9.97 Å². The minimum atomic E-state index is -3.88. The van der Waals surface area contributed by atoms with E-state index in [1.165, 1.54) is 16.6 Å². The van der Waals surface area contributed by atoms with Crippen LogP contribution < -0.4 is 9.86 Å². The molecule has 1 aromatic carbocycles. The zero-order valence-electron chi connectivity index (χ0n) is 13.3. The average molecular weight is 376 g/mol. The Labute approximate surface area is 149 Å². The lowest BCUT2D eigenvalue weighted by molar-refractivity contribution is 0.593. The number of fused-ring (bicyclic) bond motifs is 2. The van der Waals surface area contributed by atoms with Gasteiger partial charge in [0.2, 0.25) is 0 Å². The minimum absolute atomic E-state index is 0.0236. The molecule has 2 aromatic heterocycles. The molecule has 0 spiro atoms. The molecule has 6 nitrogen and oxygen atoms in total. The molecule has 1 aliphatic heterocycles. The van der Waals surface area contributed by atoms with Crippen LogP contribution in [0.3, 0.4) is 0 Å². The number of hydrogen-bond donors (Lipinski definition) is 1. The topological polar surface area (TPSA) is 83.1 Å². The average Bonchev–Trinajstić information content (AvgIpc) is 3.01. The number of nitrogens with zero attached hydrogens (tertiary/aromatic N) is 2. The third kappa shape index (κ3) is 2.42. The SMILES string of the molecule is Cc1cnc2c(c1)N(S(=O)(=O)c1cccc3c(=O)[nH]cc(Cl)c13)CC2. The van der Waals surface area contributed by atoms with Gasteiger partial charge in [0.15, 0.2) is 0 Å². The molecule has 8 heteroatoms. The molecule has 25 heavy (non-hydrogen) atoms. The molecule has 3 heterocycles. The Hall–Kier alpha value is -2.38. The van der Waals surface area contributed by atoms with E-state index in [-0.39, 0.29) is 26.2 Å². The molecule has 0 bridgehead atoms. The predicted molar refractivity (Wildman–Crippen MR) is 96.8 cm³/mol. The maximum atomic E-state index is 13.3. The summed E-state index contributed by atoms with van der Waals surface area (Å²) in [7, 11) is -3.88. The second-order valence-corrected chi connectivity index (χ2v) is 8.19. The molecule has 0 saturated carbocycles. The maximum Gasteiger partial charge on any atom is 0.265 e. The van der Waals surface area contributed by atoms with Gasteiger partial charge in [0.25, 0.3) is 15.6 Å². The first-order valence-electron chi connectivity index (χ1n) is 7.68. The monoisotopic (exact) mass is 375 g/mol. The molecule has 0 aliphatic carbocycles. The Morgan fingerprint density at radius 2 is 2.12 bits per heavy atom. The molecule has 0 unspecified atom stereocenters. The second kappa shape index (κ2) is 5.57. The summed E-state index contributed by atoms with van der Waals surface area (Å²) in [5, 5.41) is 0.674. The molecule has 0 saturated heterocycles. The van der Waals surface area contributed by atoms with Crippen molar-refractivity contribution in [2.75, 3.05) is 10.8 Å². The molecular formula is C17H14ClN3O3S. The van der Waals surface area contributed by atoms with Crippen LogP contribution in [0, 0.1) is 6.92 Å². The van der Waals surface area contributed by atoms with E-state index < -0.39 is 10.0 Å². The van der Waals surface area contributed by atoms with Crippen LogP contribution in [-0.2, 0) is 16.4 Å². The van der Waals surface area contributed by atoms with Crippen molar-refractivity contribution in [3.63, 3.8) is 0 Å². The van der Waals surface area contributed by atoms with Gasteiger partial charge in [0.05, 0.1) is 21.3 Å². The number of aromatic amines is 1. The van der Waals surface area contributed by atoms with Gasteiger partial charge in [-0.1, -0.05) is 17.7 Å². The highest BCUT2D eigenvalue weighted by Gasteiger charge is 2.33. The van der Waals surface area contributed by atoms with Gasteiger partial charge in [0.1, 0.15) is 0 Å². The number of benzene rings is 1. The van der Waals surface area contributed by atoms with Crippen LogP contribution in [0.1, 0.15) is 11.3 Å². The molecule has 1 N–H and O–H groups in total. The van der Waals surface area contributed by atoms with Crippen LogP contribution in [0.4, 0.5) is 5.69 Å². The van der Waals surface area contributed by atoms with E-state index in [4.69, 9.17) is 11.6 Å². The normalized spacial score (nSPS) is 14.1. The third-order valence-corrected chi connectivity index (χ3v) is 6.47. The summed E-state index contributed by atoms with van der Waals surface area (Å²) in [5.74, 6) is 0. The Bertz CT molecular complexity index is 1170. The molecule has 1 aliphatic rings. The number of aryl methyl sites for hydroxylation is 1. The molecule has 0 atom stereocenters. The minimum Gasteiger partial charge on any atom is -0.327 e. The lowest BCUT2D eigenvalue weighted by Gasteiger charge is -2.20. The van der Waals surface area contributed by atoms with Crippen LogP contribution in [0.15, 0.2) is 46.3 Å². The zero-order chi connectivity index (χ0) is 17.8. The number of aromatic nitrogens is 2. The zero-order valence-corrected chi connectivity index (χ0v) is 14.9. The Kier molecular flexibility index (Phi) is 3.59. The molecule has 3 aromatic rings. The van der Waals surface area contributed by atoms with Crippen molar-refractivity contribution in [3.05, 3.63) is 63.3 Å². The number of halogens is 1. The van der Waals surface area contributed by atoms with Gasteiger partial charge in [-0.3, -0.25) is 14.1 Å². The van der Waals surface area contributed by atoms with E-state index in [0.29, 0.717) is 18.7 Å². The van der Waals surface area contributed by atoms with E-state index in [1.807, 2.05) is 13.0 Å². The van der Waals surface area contributed by atoms with Gasteiger partial charge >= 0.3 is 0 Å². The van der Waals surface area contributed by atoms with Crippen molar-refractivity contribution in [3.8, 4) is 0 Å². The molecule has 0 fully saturated rings. The highest BCUT2D eigenvalue weighted by atomic mass is 35.5. The van der Waals surface area contributed by atoms with Gasteiger partial charge in [-0.15, -0.1) is 0 Å². The molecule has 0 amide bonds. The third-order valence-electron chi connectivity index (χ3n) is 4.31. The largest absolute Gasteiger partial charge is 0.327 e. The van der Waals surface area contributed by atoms with Crippen molar-refractivity contribution in [2.45, 2.75) is 18.2 Å². The van der Waals surface area contributed by atoms with Crippen molar-refractivity contribution < 1.29 is 8.42 Å². The van der Waals surface area contributed by atoms with Gasteiger partial charge in [-0.2, -0.15) is 0 Å². The van der Waals surface area contributed by atoms with Gasteiger partial charge in [0, 0.05) is 36.1 Å². The summed E-state index contributed by atoms with van der Waals surface area (Å²) >= 11 is 6.21. The van der Waals surface area contributed by atoms with Crippen LogP contribution >= 0.6 is 11.6 Å². The smallest absolute Gasteiger partial charge is 0.265 e. The summed E-state index contributed by atoms with van der Waals surface area (Å²) < 4.78 is 28.0. The molecule has 0 radical (unpaired) electrons. The first-order valence-corrected chi connectivity index (χ1v) is 9.49. The Morgan fingerprint density at radius 3 is 2.92 bits per heavy atom. The summed E-state index contributed by atoms with van der Waals surface area (Å²) in [6, 6.07) is 6.39. The number of hydrogen-bond acceptors (Lipinski definition) is 4. The van der Waals surface area contributed by atoms with Crippen molar-refractivity contribution >= 4 is 38.1 Å². The quantitative estimate of drug-likeness (QED) is 0.746. The highest BCUT2D eigenvalue weighted by molar-refractivity contribution is 7.93. The van der Waals surface area contributed by atoms with E-state index in [0.717, 1.165) is 11.3 Å². The maximum absolute atomic E-state index is 13.3. The summed E-state index contributed by atoms with van der Waals surface area (Å²) in [6.07, 6.45) is 3.59. The van der Waals surface area contributed by atoms with Gasteiger partial charge in [-0.25, -0.2) is 8.42 Å². The summed E-state index contributed by atoms with van der Waals surface area (Å²) in [4.78, 5) is 18.9. The van der Waals surface area contributed by atoms with Crippen molar-refractivity contribution in [1.29, 1.82) is 0 Å². The fraction of sp³-hybridized carbons (Fsp3) is 0.176. The highest BCUT2D eigenvalue weighted by Crippen LogP contribution is 2.35. The lowest BCUT2D eigenvalue weighted by atomic mass is 10.2. The lowest BCUT2D eigenvalue weighted by Crippen LogP contribution is -2.29. The fourth-order valence-electron chi connectivity index (χ4n) is 3.15. The Balaban J connectivity index is 1.98. The molecule has 128 valence electrons. The van der Waals surface area contributed by atoms with Crippen LogP contribution in [0.25, 0.3) is 10.8 Å². The predicted octanol–water partition coefficient (Wildman–Crippen LogP) is 2.64. The van der Waals surface area contributed by atoms with E-state index in [9.17, 15) is 13.2 Å². The number of H-pyrrole nitrogens is 1. The number of rotatable bonds is 2. The number of pyridine rings is 2. The standard InChI is InChI=1S/C17H14ClN3O3S/c1-10-7-14-13(19-8-10)5-6-21(14)25(23,24)15-4-2-3-11-16(15)12(18)9-20-17(11)22/h2-4,7-9H,5-6H2,1H3,(H,20,22). The number of anilines is 1. The van der Waals surface area contributed by atoms with Crippen molar-refractivity contribution in [1.82, 2.24) is 9.97 Å². The summed E-state index contributed by atoms with van der Waals surface area (Å²) in [5.41, 5.74) is 1.83. The second-order valence-electron chi connectivity index (χ2n) is 5.95. The summed E-state index contributed by atoms with van der Waals surface area (Å²) in [6.45, 7) is 2.18. The first-order chi connectivity index (χ1) is 11.9. The number of sulfonamides is 1. The number of nitrogens with one attached hydrogen (secondary N) is 1. The molecular weight excluding hydrogens is 362 g/mol. The van der Waals surface area contributed by atoms with E-state index >= 15 is 0 Å².